The predicted octanol–water partition coefficient (Wildman–Crippen LogP) is 2.40. The molecule has 3 rings (SSSR count). The number of nitrogens with one attached hydrogen (secondary N) is 1. The van der Waals surface area contributed by atoms with E-state index >= 15 is 0 Å². The van der Waals surface area contributed by atoms with Crippen molar-refractivity contribution in [1.82, 2.24) is 20.0 Å². The van der Waals surface area contributed by atoms with E-state index in [2.05, 4.69) is 25.3 Å². The second kappa shape index (κ2) is 8.18. The van der Waals surface area contributed by atoms with Crippen molar-refractivity contribution in [2.75, 3.05) is 38.0 Å². The third-order valence-electron chi connectivity index (χ3n) is 4.05. The van der Waals surface area contributed by atoms with Crippen molar-refractivity contribution in [1.29, 1.82) is 0 Å². The molecule has 0 aliphatic carbocycles. The monoisotopic (exact) mass is 383 g/mol. The van der Waals surface area contributed by atoms with Crippen molar-refractivity contribution < 1.29 is 9.18 Å². The molecule has 134 valence electrons. The summed E-state index contributed by atoms with van der Waals surface area (Å²) in [5.41, 5.74) is 0.530. The van der Waals surface area contributed by atoms with Gasteiger partial charge in [-0.25, -0.2) is 4.39 Å². The Morgan fingerprint density at radius 1 is 1.28 bits per heavy atom. The zero-order valence-corrected chi connectivity index (χ0v) is 15.4. The molecular formula is C16H19ClFN5OS. The van der Waals surface area contributed by atoms with Gasteiger partial charge in [-0.2, -0.15) is 0 Å². The Labute approximate surface area is 154 Å². The van der Waals surface area contributed by atoms with E-state index in [9.17, 15) is 9.18 Å². The third kappa shape index (κ3) is 4.94. The lowest BCUT2D eigenvalue weighted by Gasteiger charge is -2.34. The number of hydrogen-bond acceptors (Lipinski definition) is 6. The van der Waals surface area contributed by atoms with E-state index in [0.717, 1.165) is 31.2 Å². The van der Waals surface area contributed by atoms with Gasteiger partial charge in [0.15, 0.2) is 0 Å². The van der Waals surface area contributed by atoms with Crippen molar-refractivity contribution >= 4 is 34.0 Å². The third-order valence-corrected chi connectivity index (χ3v) is 5.16. The standard InChI is InChI=1S/C16H19ClFN5OS/c1-11-20-21-16(25-11)19-15(24)10-23-7-5-22(6-8-23)9-12-13(17)3-2-4-14(12)18/h2-4H,5-10H2,1H3,(H,19,21,24). The molecule has 9 heteroatoms. The molecular weight excluding hydrogens is 365 g/mol. The number of amides is 1. The average Bonchev–Trinajstić information content (AvgIpc) is 2.97. The van der Waals surface area contributed by atoms with Crippen LogP contribution in [0.2, 0.25) is 5.02 Å². The number of benzene rings is 1. The molecule has 0 saturated carbocycles. The normalized spacial score (nSPS) is 16.1. The van der Waals surface area contributed by atoms with Gasteiger partial charge in [-0.05, 0) is 19.1 Å². The number of piperazine rings is 1. The smallest absolute Gasteiger partial charge is 0.240 e. The molecule has 2 aromatic rings. The summed E-state index contributed by atoms with van der Waals surface area (Å²) in [7, 11) is 0. The molecule has 0 bridgehead atoms. The number of aryl methyl sites for hydroxylation is 1. The van der Waals surface area contributed by atoms with Crippen LogP contribution in [0.5, 0.6) is 0 Å². The second-order valence-electron chi connectivity index (χ2n) is 5.93. The van der Waals surface area contributed by atoms with Gasteiger partial charge in [0.2, 0.25) is 11.0 Å². The summed E-state index contributed by atoms with van der Waals surface area (Å²) in [5.74, 6) is -0.372. The molecule has 2 heterocycles. The van der Waals surface area contributed by atoms with Crippen molar-refractivity contribution in [2.24, 2.45) is 0 Å². The Morgan fingerprint density at radius 2 is 2.00 bits per heavy atom. The van der Waals surface area contributed by atoms with Crippen LogP contribution in [0.4, 0.5) is 9.52 Å². The fourth-order valence-electron chi connectivity index (χ4n) is 2.72. The number of hydrogen-bond donors (Lipinski definition) is 1. The van der Waals surface area contributed by atoms with Gasteiger partial charge in [0, 0.05) is 43.3 Å². The fourth-order valence-corrected chi connectivity index (χ4v) is 3.55. The lowest BCUT2D eigenvalue weighted by molar-refractivity contribution is -0.117. The van der Waals surface area contributed by atoms with Crippen LogP contribution in [0.1, 0.15) is 10.6 Å². The number of carbonyl (C=O) groups is 1. The van der Waals surface area contributed by atoms with E-state index in [1.165, 1.54) is 17.4 Å². The Bertz CT molecular complexity index is 728. The van der Waals surface area contributed by atoms with E-state index < -0.39 is 0 Å². The highest BCUT2D eigenvalue weighted by molar-refractivity contribution is 7.15. The molecule has 1 amide bonds. The van der Waals surface area contributed by atoms with Crippen LogP contribution in [0.3, 0.4) is 0 Å². The largest absolute Gasteiger partial charge is 0.299 e. The maximum absolute atomic E-state index is 13.9. The molecule has 0 spiro atoms. The van der Waals surface area contributed by atoms with E-state index in [-0.39, 0.29) is 11.7 Å². The quantitative estimate of drug-likeness (QED) is 0.859. The topological polar surface area (TPSA) is 61.4 Å². The zero-order valence-electron chi connectivity index (χ0n) is 13.8. The van der Waals surface area contributed by atoms with Crippen molar-refractivity contribution in [3.8, 4) is 0 Å². The van der Waals surface area contributed by atoms with Gasteiger partial charge in [-0.3, -0.25) is 19.9 Å². The highest BCUT2D eigenvalue weighted by Crippen LogP contribution is 2.21. The molecule has 1 aromatic heterocycles. The molecule has 6 nitrogen and oxygen atoms in total. The Morgan fingerprint density at radius 3 is 2.64 bits per heavy atom. The molecule has 1 aliphatic heterocycles. The average molecular weight is 384 g/mol. The van der Waals surface area contributed by atoms with Crippen LogP contribution in [-0.4, -0.2) is 58.6 Å². The second-order valence-corrected chi connectivity index (χ2v) is 7.52. The van der Waals surface area contributed by atoms with Crippen LogP contribution in [0.15, 0.2) is 18.2 Å². The Kier molecular flexibility index (Phi) is 5.95. The van der Waals surface area contributed by atoms with E-state index in [0.29, 0.717) is 28.8 Å². The maximum Gasteiger partial charge on any atom is 0.240 e. The minimum absolute atomic E-state index is 0.0956. The van der Waals surface area contributed by atoms with Gasteiger partial charge in [-0.15, -0.1) is 10.2 Å². The molecule has 25 heavy (non-hydrogen) atoms. The van der Waals surface area contributed by atoms with Gasteiger partial charge >= 0.3 is 0 Å². The summed E-state index contributed by atoms with van der Waals surface area (Å²) in [4.78, 5) is 16.3. The molecule has 0 unspecified atom stereocenters. The highest BCUT2D eigenvalue weighted by atomic mass is 35.5. The fraction of sp³-hybridized carbons (Fsp3) is 0.438. The van der Waals surface area contributed by atoms with Crippen LogP contribution in [-0.2, 0) is 11.3 Å². The van der Waals surface area contributed by atoms with Crippen LogP contribution >= 0.6 is 22.9 Å². The number of carbonyl (C=O) groups excluding carboxylic acids is 1. The predicted molar refractivity (Wildman–Crippen MR) is 96.4 cm³/mol. The first kappa shape index (κ1) is 18.2. The van der Waals surface area contributed by atoms with Crippen molar-refractivity contribution in [3.63, 3.8) is 0 Å². The summed E-state index contributed by atoms with van der Waals surface area (Å²) >= 11 is 7.44. The summed E-state index contributed by atoms with van der Waals surface area (Å²) in [5, 5.41) is 12.3. The lowest BCUT2D eigenvalue weighted by Crippen LogP contribution is -2.48. The van der Waals surface area contributed by atoms with Gasteiger partial charge in [-0.1, -0.05) is 29.0 Å². The van der Waals surface area contributed by atoms with E-state index in [1.807, 2.05) is 6.92 Å². The first-order valence-electron chi connectivity index (χ1n) is 7.99. The zero-order chi connectivity index (χ0) is 17.8. The SMILES string of the molecule is Cc1nnc(NC(=O)CN2CCN(Cc3c(F)cccc3Cl)CC2)s1. The van der Waals surface area contributed by atoms with E-state index in [1.54, 1.807) is 12.1 Å². The number of aromatic nitrogens is 2. The summed E-state index contributed by atoms with van der Waals surface area (Å²) in [6.07, 6.45) is 0. The van der Waals surface area contributed by atoms with E-state index in [4.69, 9.17) is 11.6 Å². The van der Waals surface area contributed by atoms with Crippen LogP contribution in [0.25, 0.3) is 0 Å². The number of rotatable bonds is 5. The van der Waals surface area contributed by atoms with Crippen molar-refractivity contribution in [2.45, 2.75) is 13.5 Å². The number of halogens is 2. The lowest BCUT2D eigenvalue weighted by atomic mass is 10.2. The van der Waals surface area contributed by atoms with Crippen LogP contribution < -0.4 is 5.32 Å². The number of anilines is 1. The first-order chi connectivity index (χ1) is 12.0. The molecule has 1 aliphatic rings. The molecule has 1 fully saturated rings. The minimum Gasteiger partial charge on any atom is -0.299 e. The minimum atomic E-state index is -0.276. The molecule has 0 atom stereocenters. The maximum atomic E-state index is 13.9. The Balaban J connectivity index is 1.46. The summed E-state index contributed by atoms with van der Waals surface area (Å²) in [6.45, 7) is 5.64. The highest BCUT2D eigenvalue weighted by Gasteiger charge is 2.21. The van der Waals surface area contributed by atoms with Gasteiger partial charge < -0.3 is 0 Å². The Hall–Kier alpha value is -1.61. The summed E-state index contributed by atoms with van der Waals surface area (Å²) in [6, 6.07) is 4.74. The molecule has 1 N–H and O–H groups in total. The van der Waals surface area contributed by atoms with Gasteiger partial charge in [0.05, 0.1) is 6.54 Å². The van der Waals surface area contributed by atoms with Gasteiger partial charge in [0.25, 0.3) is 0 Å². The van der Waals surface area contributed by atoms with Crippen LogP contribution in [0, 0.1) is 12.7 Å². The molecule has 0 radical (unpaired) electrons. The molecule has 1 saturated heterocycles. The first-order valence-corrected chi connectivity index (χ1v) is 9.18. The summed E-state index contributed by atoms with van der Waals surface area (Å²) < 4.78 is 13.9. The van der Waals surface area contributed by atoms with Crippen molar-refractivity contribution in [3.05, 3.63) is 39.6 Å². The van der Waals surface area contributed by atoms with Gasteiger partial charge in [0.1, 0.15) is 10.8 Å². The molecule has 1 aromatic carbocycles. The number of nitrogens with zero attached hydrogens (tertiary/aromatic N) is 4.